The predicted molar refractivity (Wildman–Crippen MR) is 94.2 cm³/mol. The zero-order chi connectivity index (χ0) is 16.1. The van der Waals surface area contributed by atoms with Crippen LogP contribution in [0.3, 0.4) is 0 Å². The second-order valence-electron chi connectivity index (χ2n) is 4.71. The van der Waals surface area contributed by atoms with Crippen LogP contribution in [0.1, 0.15) is 33.2 Å². The van der Waals surface area contributed by atoms with E-state index in [1.807, 2.05) is 19.1 Å². The van der Waals surface area contributed by atoms with Gasteiger partial charge in [-0.1, -0.05) is 0 Å². The van der Waals surface area contributed by atoms with Gasteiger partial charge in [-0.15, -0.1) is 0 Å². The molecule has 2 aromatic rings. The number of benzene rings is 2. The number of nitrogens with one attached hydrogen (secondary N) is 1. The van der Waals surface area contributed by atoms with E-state index in [4.69, 9.17) is 4.74 Å². The predicted octanol–water partition coefficient (Wildman–Crippen LogP) is 4.03. The van der Waals surface area contributed by atoms with Gasteiger partial charge in [0.05, 0.1) is 12.2 Å². The zero-order valence-corrected chi connectivity index (χ0v) is 14.5. The van der Waals surface area contributed by atoms with Crippen LogP contribution >= 0.6 is 22.6 Å². The summed E-state index contributed by atoms with van der Waals surface area (Å²) in [6.07, 6.45) is 0. The molecule has 0 saturated heterocycles. The molecule has 114 valence electrons. The van der Waals surface area contributed by atoms with Crippen molar-refractivity contribution in [3.63, 3.8) is 0 Å². The number of rotatable bonds is 4. The lowest BCUT2D eigenvalue weighted by Crippen LogP contribution is -2.13. The van der Waals surface area contributed by atoms with Crippen LogP contribution < -0.4 is 5.32 Å². The SMILES string of the molecule is CCOC(=O)c1ccc(NC(=O)c2ccc(I)cc2)c(C)c1. The number of halogens is 1. The number of carbonyl (C=O) groups is 2. The van der Waals surface area contributed by atoms with E-state index >= 15 is 0 Å². The van der Waals surface area contributed by atoms with E-state index < -0.39 is 0 Å². The first-order valence-electron chi connectivity index (χ1n) is 6.86. The normalized spacial score (nSPS) is 10.1. The Morgan fingerprint density at radius 3 is 2.32 bits per heavy atom. The van der Waals surface area contributed by atoms with Crippen LogP contribution in [0.5, 0.6) is 0 Å². The van der Waals surface area contributed by atoms with E-state index in [1.54, 1.807) is 37.3 Å². The molecule has 0 bridgehead atoms. The van der Waals surface area contributed by atoms with Gasteiger partial charge in [-0.2, -0.15) is 0 Å². The average molecular weight is 409 g/mol. The van der Waals surface area contributed by atoms with E-state index in [-0.39, 0.29) is 11.9 Å². The summed E-state index contributed by atoms with van der Waals surface area (Å²) in [6, 6.07) is 12.4. The van der Waals surface area contributed by atoms with Gasteiger partial charge in [0.2, 0.25) is 0 Å². The molecule has 0 fully saturated rings. The highest BCUT2D eigenvalue weighted by Crippen LogP contribution is 2.18. The first kappa shape index (κ1) is 16.5. The highest BCUT2D eigenvalue weighted by atomic mass is 127. The third-order valence-electron chi connectivity index (χ3n) is 3.09. The molecule has 0 saturated carbocycles. The number of aryl methyl sites for hydroxylation is 1. The third kappa shape index (κ3) is 4.07. The van der Waals surface area contributed by atoms with Crippen molar-refractivity contribution in [2.45, 2.75) is 13.8 Å². The lowest BCUT2D eigenvalue weighted by molar-refractivity contribution is 0.0526. The van der Waals surface area contributed by atoms with Crippen molar-refractivity contribution in [3.8, 4) is 0 Å². The first-order chi connectivity index (χ1) is 10.5. The molecule has 0 aromatic heterocycles. The molecule has 4 nitrogen and oxygen atoms in total. The Morgan fingerprint density at radius 1 is 1.09 bits per heavy atom. The Kier molecular flexibility index (Phi) is 5.54. The number of hydrogen-bond acceptors (Lipinski definition) is 3. The molecule has 0 aliphatic carbocycles. The summed E-state index contributed by atoms with van der Waals surface area (Å²) in [6.45, 7) is 3.94. The standard InChI is InChI=1S/C17H16INO3/c1-3-22-17(21)13-6-9-15(11(2)10-13)19-16(20)12-4-7-14(18)8-5-12/h4-10H,3H2,1-2H3,(H,19,20). The molecule has 0 radical (unpaired) electrons. The van der Waals surface area contributed by atoms with Crippen molar-refractivity contribution in [2.75, 3.05) is 11.9 Å². The van der Waals surface area contributed by atoms with Crippen LogP contribution in [-0.2, 0) is 4.74 Å². The van der Waals surface area contributed by atoms with Gasteiger partial charge in [0.1, 0.15) is 0 Å². The van der Waals surface area contributed by atoms with Crippen molar-refractivity contribution in [3.05, 3.63) is 62.7 Å². The van der Waals surface area contributed by atoms with Crippen molar-refractivity contribution >= 4 is 40.2 Å². The number of carbonyl (C=O) groups excluding carboxylic acids is 2. The molecule has 0 aliphatic heterocycles. The highest BCUT2D eigenvalue weighted by molar-refractivity contribution is 14.1. The minimum Gasteiger partial charge on any atom is -0.462 e. The molecule has 0 spiro atoms. The van der Waals surface area contributed by atoms with Crippen molar-refractivity contribution in [2.24, 2.45) is 0 Å². The molecule has 1 amide bonds. The maximum absolute atomic E-state index is 12.2. The van der Waals surface area contributed by atoms with Crippen LogP contribution in [0.15, 0.2) is 42.5 Å². The van der Waals surface area contributed by atoms with Crippen LogP contribution in [-0.4, -0.2) is 18.5 Å². The number of amides is 1. The van der Waals surface area contributed by atoms with E-state index in [0.29, 0.717) is 23.4 Å². The minimum absolute atomic E-state index is 0.177. The van der Waals surface area contributed by atoms with E-state index in [0.717, 1.165) is 9.13 Å². The molecule has 0 unspecified atom stereocenters. The lowest BCUT2D eigenvalue weighted by Gasteiger charge is -2.10. The van der Waals surface area contributed by atoms with Crippen LogP contribution in [0.2, 0.25) is 0 Å². The number of anilines is 1. The van der Waals surface area contributed by atoms with Crippen LogP contribution in [0, 0.1) is 10.5 Å². The molecular formula is C17H16INO3. The van der Waals surface area contributed by atoms with Gasteiger partial charge in [-0.3, -0.25) is 4.79 Å². The van der Waals surface area contributed by atoms with Gasteiger partial charge in [-0.25, -0.2) is 4.79 Å². The number of esters is 1. The first-order valence-corrected chi connectivity index (χ1v) is 7.94. The largest absolute Gasteiger partial charge is 0.462 e. The van der Waals surface area contributed by atoms with E-state index in [1.165, 1.54) is 0 Å². The number of ether oxygens (including phenoxy) is 1. The fourth-order valence-electron chi connectivity index (χ4n) is 1.94. The fourth-order valence-corrected chi connectivity index (χ4v) is 2.30. The lowest BCUT2D eigenvalue weighted by atomic mass is 10.1. The Hall–Kier alpha value is -1.89. The Bertz CT molecular complexity index is 696. The fraction of sp³-hybridized carbons (Fsp3) is 0.176. The summed E-state index contributed by atoms with van der Waals surface area (Å²) >= 11 is 2.19. The van der Waals surface area contributed by atoms with Crippen LogP contribution in [0.4, 0.5) is 5.69 Å². The molecule has 0 heterocycles. The summed E-state index contributed by atoms with van der Waals surface area (Å²) in [7, 11) is 0. The van der Waals surface area contributed by atoms with Crippen LogP contribution in [0.25, 0.3) is 0 Å². The molecule has 2 aromatic carbocycles. The highest BCUT2D eigenvalue weighted by Gasteiger charge is 2.11. The van der Waals surface area contributed by atoms with E-state index in [2.05, 4.69) is 27.9 Å². The monoisotopic (exact) mass is 409 g/mol. The molecule has 22 heavy (non-hydrogen) atoms. The molecule has 5 heteroatoms. The molecule has 2 rings (SSSR count). The zero-order valence-electron chi connectivity index (χ0n) is 12.4. The van der Waals surface area contributed by atoms with Gasteiger partial charge in [0.25, 0.3) is 5.91 Å². The van der Waals surface area contributed by atoms with E-state index in [9.17, 15) is 9.59 Å². The van der Waals surface area contributed by atoms with Gasteiger partial charge < -0.3 is 10.1 Å². The Labute approximate surface area is 143 Å². The molecule has 0 aliphatic rings. The summed E-state index contributed by atoms with van der Waals surface area (Å²) in [4.78, 5) is 23.9. The smallest absolute Gasteiger partial charge is 0.338 e. The summed E-state index contributed by atoms with van der Waals surface area (Å²) < 4.78 is 6.03. The van der Waals surface area contributed by atoms with Gasteiger partial charge >= 0.3 is 5.97 Å². The summed E-state index contributed by atoms with van der Waals surface area (Å²) in [5.41, 5.74) is 2.56. The van der Waals surface area contributed by atoms with Gasteiger partial charge in [-0.05, 0) is 84.5 Å². The van der Waals surface area contributed by atoms with Gasteiger partial charge in [0, 0.05) is 14.8 Å². The van der Waals surface area contributed by atoms with Crippen molar-refractivity contribution in [1.82, 2.24) is 0 Å². The second kappa shape index (κ2) is 7.40. The molecule has 1 N–H and O–H groups in total. The maximum Gasteiger partial charge on any atom is 0.338 e. The minimum atomic E-state index is -0.360. The van der Waals surface area contributed by atoms with Gasteiger partial charge in [0.15, 0.2) is 0 Å². The average Bonchev–Trinajstić information content (AvgIpc) is 2.50. The Balaban J connectivity index is 2.14. The molecular weight excluding hydrogens is 393 g/mol. The quantitative estimate of drug-likeness (QED) is 0.613. The summed E-state index contributed by atoms with van der Waals surface area (Å²) in [5, 5.41) is 2.85. The Morgan fingerprint density at radius 2 is 1.73 bits per heavy atom. The second-order valence-corrected chi connectivity index (χ2v) is 5.96. The summed E-state index contributed by atoms with van der Waals surface area (Å²) in [5.74, 6) is -0.538. The van der Waals surface area contributed by atoms with Crippen molar-refractivity contribution < 1.29 is 14.3 Å². The number of hydrogen-bond donors (Lipinski definition) is 1. The maximum atomic E-state index is 12.2. The van der Waals surface area contributed by atoms with Crippen molar-refractivity contribution in [1.29, 1.82) is 0 Å². The molecule has 0 atom stereocenters. The third-order valence-corrected chi connectivity index (χ3v) is 3.81. The topological polar surface area (TPSA) is 55.4 Å².